The smallest absolute Gasteiger partial charge is 0.309 e. The summed E-state index contributed by atoms with van der Waals surface area (Å²) in [6, 6.07) is 3.60. The lowest BCUT2D eigenvalue weighted by Crippen LogP contribution is -1.97. The molecular weight excluding hydrogens is 248 g/mol. The molecule has 0 bridgehead atoms. The van der Waals surface area contributed by atoms with E-state index in [-0.39, 0.29) is 12.4 Å². The van der Waals surface area contributed by atoms with Crippen molar-refractivity contribution in [1.29, 1.82) is 0 Å². The maximum absolute atomic E-state index is 11.0. The SMILES string of the molecule is COC(=O)CC=Cc1cc(OC)c(OC)c(OC)c1. The lowest BCUT2D eigenvalue weighted by molar-refractivity contribution is -0.139. The molecule has 0 amide bonds. The van der Waals surface area contributed by atoms with E-state index in [1.165, 1.54) is 7.11 Å². The molecule has 104 valence electrons. The first-order chi connectivity index (χ1) is 9.15. The summed E-state index contributed by atoms with van der Waals surface area (Å²) < 4.78 is 20.3. The Balaban J connectivity index is 2.99. The van der Waals surface area contributed by atoms with Crippen LogP contribution in [0, 0.1) is 0 Å². The van der Waals surface area contributed by atoms with Crippen molar-refractivity contribution in [2.45, 2.75) is 6.42 Å². The largest absolute Gasteiger partial charge is 0.493 e. The van der Waals surface area contributed by atoms with Crippen LogP contribution < -0.4 is 14.2 Å². The Kier molecular flexibility index (Phi) is 5.73. The first kappa shape index (κ1) is 14.9. The molecule has 5 nitrogen and oxygen atoms in total. The summed E-state index contributed by atoms with van der Waals surface area (Å²) in [7, 11) is 6.02. The van der Waals surface area contributed by atoms with Crippen molar-refractivity contribution in [3.8, 4) is 17.2 Å². The summed E-state index contributed by atoms with van der Waals surface area (Å²) in [6.07, 6.45) is 3.72. The molecule has 0 unspecified atom stereocenters. The molecule has 1 aromatic carbocycles. The second-order valence-corrected chi connectivity index (χ2v) is 3.64. The van der Waals surface area contributed by atoms with Gasteiger partial charge in [0.05, 0.1) is 34.9 Å². The first-order valence-electron chi connectivity index (χ1n) is 5.69. The minimum absolute atomic E-state index is 0.215. The van der Waals surface area contributed by atoms with Gasteiger partial charge in [-0.05, 0) is 17.7 Å². The zero-order chi connectivity index (χ0) is 14.3. The molecule has 5 heteroatoms. The molecule has 0 fully saturated rings. The fourth-order valence-electron chi connectivity index (χ4n) is 1.57. The Morgan fingerprint density at radius 2 is 1.63 bits per heavy atom. The minimum Gasteiger partial charge on any atom is -0.493 e. The van der Waals surface area contributed by atoms with E-state index in [0.717, 1.165) is 5.56 Å². The van der Waals surface area contributed by atoms with Gasteiger partial charge in [0.1, 0.15) is 0 Å². The van der Waals surface area contributed by atoms with Crippen LogP contribution in [0.4, 0.5) is 0 Å². The summed E-state index contributed by atoms with van der Waals surface area (Å²) in [6.45, 7) is 0. The zero-order valence-corrected chi connectivity index (χ0v) is 11.6. The molecule has 0 aromatic heterocycles. The molecular formula is C14H18O5. The topological polar surface area (TPSA) is 54.0 Å². The van der Waals surface area contributed by atoms with Gasteiger partial charge in [0, 0.05) is 0 Å². The quantitative estimate of drug-likeness (QED) is 0.739. The van der Waals surface area contributed by atoms with E-state index in [2.05, 4.69) is 4.74 Å². The average molecular weight is 266 g/mol. The van der Waals surface area contributed by atoms with E-state index in [9.17, 15) is 4.79 Å². The normalized spacial score (nSPS) is 10.3. The number of methoxy groups -OCH3 is 4. The van der Waals surface area contributed by atoms with Gasteiger partial charge in [0.15, 0.2) is 11.5 Å². The number of carbonyl (C=O) groups excluding carboxylic acids is 1. The first-order valence-corrected chi connectivity index (χ1v) is 5.69. The van der Waals surface area contributed by atoms with Gasteiger partial charge in [0.25, 0.3) is 0 Å². The highest BCUT2D eigenvalue weighted by molar-refractivity contribution is 5.73. The van der Waals surface area contributed by atoms with E-state index >= 15 is 0 Å². The predicted octanol–water partition coefficient (Wildman–Crippen LogP) is 2.29. The highest BCUT2D eigenvalue weighted by Gasteiger charge is 2.11. The van der Waals surface area contributed by atoms with Crippen LogP contribution in [0.15, 0.2) is 18.2 Å². The predicted molar refractivity (Wildman–Crippen MR) is 71.8 cm³/mol. The van der Waals surface area contributed by atoms with E-state index in [1.54, 1.807) is 45.6 Å². The van der Waals surface area contributed by atoms with Gasteiger partial charge in [-0.3, -0.25) is 4.79 Å². The van der Waals surface area contributed by atoms with Gasteiger partial charge in [-0.15, -0.1) is 0 Å². The fourth-order valence-corrected chi connectivity index (χ4v) is 1.57. The molecule has 0 saturated heterocycles. The molecule has 0 spiro atoms. The van der Waals surface area contributed by atoms with Crippen LogP contribution in [-0.2, 0) is 9.53 Å². The molecule has 0 aliphatic carbocycles. The summed E-state index contributed by atoms with van der Waals surface area (Å²) in [4.78, 5) is 11.0. The van der Waals surface area contributed by atoms with Crippen LogP contribution >= 0.6 is 0 Å². The zero-order valence-electron chi connectivity index (χ0n) is 11.6. The maximum atomic E-state index is 11.0. The van der Waals surface area contributed by atoms with Crippen molar-refractivity contribution in [3.63, 3.8) is 0 Å². The summed E-state index contributed by atoms with van der Waals surface area (Å²) >= 11 is 0. The molecule has 0 radical (unpaired) electrons. The molecule has 1 rings (SSSR count). The van der Waals surface area contributed by atoms with Crippen LogP contribution in [0.1, 0.15) is 12.0 Å². The Labute approximate surface area is 112 Å². The van der Waals surface area contributed by atoms with Crippen molar-refractivity contribution < 1.29 is 23.7 Å². The van der Waals surface area contributed by atoms with E-state index < -0.39 is 0 Å². The fraction of sp³-hybridized carbons (Fsp3) is 0.357. The Morgan fingerprint density at radius 3 is 2.05 bits per heavy atom. The molecule has 19 heavy (non-hydrogen) atoms. The number of hydrogen-bond donors (Lipinski definition) is 0. The van der Waals surface area contributed by atoms with Gasteiger partial charge >= 0.3 is 5.97 Å². The summed E-state index contributed by atoms with van der Waals surface area (Å²) in [5.41, 5.74) is 0.846. The molecule has 0 N–H and O–H groups in total. The summed E-state index contributed by atoms with van der Waals surface area (Å²) in [5.74, 6) is 1.39. The van der Waals surface area contributed by atoms with Crippen molar-refractivity contribution >= 4 is 12.0 Å². The van der Waals surface area contributed by atoms with E-state index in [1.807, 2.05) is 0 Å². The van der Waals surface area contributed by atoms with Gasteiger partial charge in [0.2, 0.25) is 5.75 Å². The number of ether oxygens (including phenoxy) is 4. The van der Waals surface area contributed by atoms with Crippen molar-refractivity contribution in [2.24, 2.45) is 0 Å². The monoisotopic (exact) mass is 266 g/mol. The number of carbonyl (C=O) groups is 1. The van der Waals surface area contributed by atoms with Gasteiger partial charge in [-0.1, -0.05) is 12.2 Å². The lowest BCUT2D eigenvalue weighted by atomic mass is 10.1. The Hall–Kier alpha value is -2.17. The second-order valence-electron chi connectivity index (χ2n) is 3.64. The van der Waals surface area contributed by atoms with Crippen LogP contribution in [-0.4, -0.2) is 34.4 Å². The van der Waals surface area contributed by atoms with Crippen molar-refractivity contribution in [2.75, 3.05) is 28.4 Å². The second kappa shape index (κ2) is 7.31. The van der Waals surface area contributed by atoms with Crippen LogP contribution in [0.25, 0.3) is 6.08 Å². The van der Waals surface area contributed by atoms with Crippen LogP contribution in [0.3, 0.4) is 0 Å². The Morgan fingerprint density at radius 1 is 1.05 bits per heavy atom. The third-order valence-corrected chi connectivity index (χ3v) is 2.51. The standard InChI is InChI=1S/C14H18O5/c1-16-11-8-10(6-5-7-13(15)18-3)9-12(17-2)14(11)19-4/h5-6,8-9H,7H2,1-4H3. The van der Waals surface area contributed by atoms with E-state index in [0.29, 0.717) is 17.2 Å². The third kappa shape index (κ3) is 3.91. The third-order valence-electron chi connectivity index (χ3n) is 2.51. The lowest BCUT2D eigenvalue weighted by Gasteiger charge is -2.12. The van der Waals surface area contributed by atoms with Crippen molar-refractivity contribution in [3.05, 3.63) is 23.8 Å². The van der Waals surface area contributed by atoms with Crippen LogP contribution in [0.2, 0.25) is 0 Å². The van der Waals surface area contributed by atoms with E-state index in [4.69, 9.17) is 14.2 Å². The number of esters is 1. The average Bonchev–Trinajstić information content (AvgIpc) is 2.45. The van der Waals surface area contributed by atoms with Gasteiger partial charge < -0.3 is 18.9 Å². The van der Waals surface area contributed by atoms with Crippen molar-refractivity contribution in [1.82, 2.24) is 0 Å². The molecule has 1 aromatic rings. The van der Waals surface area contributed by atoms with Crippen LogP contribution in [0.5, 0.6) is 17.2 Å². The molecule has 0 atom stereocenters. The number of hydrogen-bond acceptors (Lipinski definition) is 5. The molecule has 0 aliphatic heterocycles. The maximum Gasteiger partial charge on any atom is 0.309 e. The molecule has 0 aliphatic rings. The highest BCUT2D eigenvalue weighted by atomic mass is 16.5. The summed E-state index contributed by atoms with van der Waals surface area (Å²) in [5, 5.41) is 0. The molecule has 0 saturated carbocycles. The molecule has 0 heterocycles. The van der Waals surface area contributed by atoms with Gasteiger partial charge in [-0.25, -0.2) is 0 Å². The highest BCUT2D eigenvalue weighted by Crippen LogP contribution is 2.38. The van der Waals surface area contributed by atoms with Gasteiger partial charge in [-0.2, -0.15) is 0 Å². The number of benzene rings is 1. The number of rotatable bonds is 6. The Bertz CT molecular complexity index is 440. The minimum atomic E-state index is -0.288.